The van der Waals surface area contributed by atoms with Gasteiger partial charge in [-0.2, -0.15) is 0 Å². The van der Waals surface area contributed by atoms with Gasteiger partial charge in [0.1, 0.15) is 0 Å². The summed E-state index contributed by atoms with van der Waals surface area (Å²) in [5, 5.41) is 14.0. The summed E-state index contributed by atoms with van der Waals surface area (Å²) in [5.41, 5.74) is 0.477. The maximum atomic E-state index is 11.9. The first-order valence-corrected chi connectivity index (χ1v) is 9.27. The molecule has 8 nitrogen and oxygen atoms in total. The summed E-state index contributed by atoms with van der Waals surface area (Å²) >= 11 is 0. The lowest BCUT2D eigenvalue weighted by Crippen LogP contribution is -2.38. The Bertz CT molecular complexity index is 657. The number of nitro benzene ring substituents is 1. The van der Waals surface area contributed by atoms with Crippen molar-refractivity contribution in [3.05, 3.63) is 40.0 Å². The zero-order valence-corrected chi connectivity index (χ0v) is 15.7. The summed E-state index contributed by atoms with van der Waals surface area (Å²) in [6, 6.07) is 4.67. The molecule has 1 aliphatic heterocycles. The van der Waals surface area contributed by atoms with Gasteiger partial charge < -0.3 is 14.8 Å². The van der Waals surface area contributed by atoms with E-state index < -0.39 is 4.92 Å². The number of nitro groups is 1. The summed E-state index contributed by atoms with van der Waals surface area (Å²) in [6.45, 7) is 7.27. The Morgan fingerprint density at radius 1 is 1.41 bits per heavy atom. The third-order valence-corrected chi connectivity index (χ3v) is 4.12. The Labute approximate surface area is 159 Å². The molecule has 27 heavy (non-hydrogen) atoms. The lowest BCUT2D eigenvalue weighted by atomic mass is 10.1. The van der Waals surface area contributed by atoms with Crippen molar-refractivity contribution in [3.63, 3.8) is 0 Å². The number of hydrogen-bond acceptors (Lipinski definition) is 6. The van der Waals surface area contributed by atoms with Crippen LogP contribution < -0.4 is 10.1 Å². The lowest BCUT2D eigenvalue weighted by Gasteiger charge is -2.26. The normalized spacial score (nSPS) is 15.0. The van der Waals surface area contributed by atoms with Crippen LogP contribution in [0.2, 0.25) is 0 Å². The van der Waals surface area contributed by atoms with Crippen molar-refractivity contribution in [2.24, 2.45) is 0 Å². The maximum absolute atomic E-state index is 11.9. The first kappa shape index (κ1) is 20.9. The molecule has 0 atom stereocenters. The van der Waals surface area contributed by atoms with Crippen LogP contribution in [0.3, 0.4) is 0 Å². The summed E-state index contributed by atoms with van der Waals surface area (Å²) < 4.78 is 10.7. The number of benzene rings is 1. The van der Waals surface area contributed by atoms with Crippen molar-refractivity contribution < 1.29 is 19.2 Å². The van der Waals surface area contributed by atoms with Crippen molar-refractivity contribution in [2.45, 2.75) is 19.8 Å². The summed E-state index contributed by atoms with van der Waals surface area (Å²) in [7, 11) is 0. The van der Waals surface area contributed by atoms with Gasteiger partial charge in [-0.3, -0.25) is 19.8 Å². The van der Waals surface area contributed by atoms with Gasteiger partial charge in [0.2, 0.25) is 5.91 Å². The fourth-order valence-electron chi connectivity index (χ4n) is 2.68. The number of morpholine rings is 1. The highest BCUT2D eigenvalue weighted by molar-refractivity contribution is 5.91. The number of nitrogens with one attached hydrogen (secondary N) is 1. The quantitative estimate of drug-likeness (QED) is 0.291. The molecule has 1 fully saturated rings. The van der Waals surface area contributed by atoms with Crippen LogP contribution in [-0.2, 0) is 9.53 Å². The third kappa shape index (κ3) is 7.36. The number of amides is 1. The van der Waals surface area contributed by atoms with Gasteiger partial charge in [0, 0.05) is 31.8 Å². The average Bonchev–Trinajstić information content (AvgIpc) is 2.69. The molecule has 1 aromatic carbocycles. The molecule has 0 saturated carbocycles. The molecule has 0 radical (unpaired) electrons. The van der Waals surface area contributed by atoms with Gasteiger partial charge in [0.25, 0.3) is 0 Å². The number of carbonyl (C=O) groups is 1. The smallest absolute Gasteiger partial charge is 0.311 e. The van der Waals surface area contributed by atoms with Crippen molar-refractivity contribution >= 4 is 17.7 Å². The zero-order valence-electron chi connectivity index (χ0n) is 15.7. The Morgan fingerprint density at radius 3 is 2.89 bits per heavy atom. The van der Waals surface area contributed by atoms with Gasteiger partial charge in [-0.1, -0.05) is 13.0 Å². The molecule has 1 aromatic rings. The van der Waals surface area contributed by atoms with Crippen LogP contribution in [0.4, 0.5) is 5.69 Å². The van der Waals surface area contributed by atoms with Crippen molar-refractivity contribution in [3.8, 4) is 5.75 Å². The molecule has 0 spiro atoms. The minimum Gasteiger partial charge on any atom is -0.487 e. The van der Waals surface area contributed by atoms with E-state index in [9.17, 15) is 14.9 Å². The van der Waals surface area contributed by atoms with Crippen molar-refractivity contribution in [2.75, 3.05) is 46.0 Å². The summed E-state index contributed by atoms with van der Waals surface area (Å²) in [4.78, 5) is 24.9. The highest BCUT2D eigenvalue weighted by atomic mass is 16.6. The molecule has 1 amide bonds. The predicted octanol–water partition coefficient (Wildman–Crippen LogP) is 2.24. The van der Waals surface area contributed by atoms with E-state index in [0.717, 1.165) is 45.7 Å². The lowest BCUT2D eigenvalue weighted by molar-refractivity contribution is -0.385. The molecule has 2 rings (SSSR count). The summed E-state index contributed by atoms with van der Waals surface area (Å²) in [6.07, 6.45) is 4.59. The van der Waals surface area contributed by atoms with Crippen LogP contribution in [0.15, 0.2) is 24.3 Å². The van der Waals surface area contributed by atoms with Gasteiger partial charge >= 0.3 is 5.69 Å². The molecule has 0 aromatic heterocycles. The van der Waals surface area contributed by atoms with Crippen molar-refractivity contribution in [1.29, 1.82) is 0 Å². The average molecular weight is 377 g/mol. The molecule has 1 heterocycles. The van der Waals surface area contributed by atoms with Crippen LogP contribution in [0.5, 0.6) is 5.75 Å². The molecule has 148 valence electrons. The van der Waals surface area contributed by atoms with Gasteiger partial charge in [0.15, 0.2) is 5.75 Å². The molecule has 1 saturated heterocycles. The van der Waals surface area contributed by atoms with E-state index in [1.54, 1.807) is 18.2 Å². The molecular weight excluding hydrogens is 350 g/mol. The Balaban J connectivity index is 1.80. The second-order valence-corrected chi connectivity index (χ2v) is 6.26. The number of hydrogen-bond donors (Lipinski definition) is 1. The minimum absolute atomic E-state index is 0.100. The number of rotatable bonds is 10. The fraction of sp³-hybridized carbons (Fsp3) is 0.526. The van der Waals surface area contributed by atoms with E-state index in [-0.39, 0.29) is 17.3 Å². The Kier molecular flexibility index (Phi) is 8.73. The SMILES string of the molecule is CCCOc1ccc(/C=C/C(=O)NCCCN2CCOCC2)cc1[N+](=O)[O-]. The first-order chi connectivity index (χ1) is 13.1. The highest BCUT2D eigenvalue weighted by Gasteiger charge is 2.15. The second-order valence-electron chi connectivity index (χ2n) is 6.26. The molecule has 0 unspecified atom stereocenters. The largest absolute Gasteiger partial charge is 0.487 e. The van der Waals surface area contributed by atoms with Crippen molar-refractivity contribution in [1.82, 2.24) is 10.2 Å². The number of nitrogens with zero attached hydrogens (tertiary/aromatic N) is 2. The van der Waals surface area contributed by atoms with Crippen LogP contribution in [-0.4, -0.2) is 61.7 Å². The van der Waals surface area contributed by atoms with Crippen LogP contribution in [0, 0.1) is 10.1 Å². The van der Waals surface area contributed by atoms with E-state index in [2.05, 4.69) is 10.2 Å². The molecule has 0 bridgehead atoms. The van der Waals surface area contributed by atoms with E-state index in [1.807, 2.05) is 6.92 Å². The first-order valence-electron chi connectivity index (χ1n) is 9.27. The Morgan fingerprint density at radius 2 is 2.19 bits per heavy atom. The molecule has 1 N–H and O–H groups in total. The number of carbonyl (C=O) groups excluding carboxylic acids is 1. The minimum atomic E-state index is -0.478. The maximum Gasteiger partial charge on any atom is 0.311 e. The molecule has 0 aliphatic carbocycles. The topological polar surface area (TPSA) is 93.9 Å². The van der Waals surface area contributed by atoms with Gasteiger partial charge in [-0.05, 0) is 37.1 Å². The number of ether oxygens (including phenoxy) is 2. The predicted molar refractivity (Wildman–Crippen MR) is 103 cm³/mol. The van der Waals surface area contributed by atoms with Gasteiger partial charge in [-0.15, -0.1) is 0 Å². The van der Waals surface area contributed by atoms with Crippen LogP contribution in [0.1, 0.15) is 25.3 Å². The zero-order chi connectivity index (χ0) is 19.5. The fourth-order valence-corrected chi connectivity index (χ4v) is 2.68. The van der Waals surface area contributed by atoms with Gasteiger partial charge in [0.05, 0.1) is 24.7 Å². The molecule has 1 aliphatic rings. The van der Waals surface area contributed by atoms with E-state index >= 15 is 0 Å². The van der Waals surface area contributed by atoms with E-state index in [1.165, 1.54) is 12.1 Å². The summed E-state index contributed by atoms with van der Waals surface area (Å²) in [5.74, 6) is 0.0255. The van der Waals surface area contributed by atoms with Crippen LogP contribution in [0.25, 0.3) is 6.08 Å². The highest BCUT2D eigenvalue weighted by Crippen LogP contribution is 2.28. The standard InChI is InChI=1S/C19H27N3O5/c1-2-12-27-18-6-4-16(15-17(18)22(24)25)5-7-19(23)20-8-3-9-21-10-13-26-14-11-21/h4-7,15H,2-3,8-14H2,1H3,(H,20,23)/b7-5+. The van der Waals surface area contributed by atoms with E-state index in [4.69, 9.17) is 9.47 Å². The van der Waals surface area contributed by atoms with Crippen LogP contribution >= 0.6 is 0 Å². The monoisotopic (exact) mass is 377 g/mol. The molecule has 8 heteroatoms. The van der Waals surface area contributed by atoms with E-state index in [0.29, 0.717) is 18.7 Å². The third-order valence-electron chi connectivity index (χ3n) is 4.12. The second kappa shape index (κ2) is 11.3. The Hall–Kier alpha value is -2.45. The van der Waals surface area contributed by atoms with Gasteiger partial charge in [-0.25, -0.2) is 0 Å². The molecular formula is C19H27N3O5.